The lowest BCUT2D eigenvalue weighted by Gasteiger charge is -1.85. The standard InChI is InChI=1S/C9H8N2S.C7H8.2C2H6/c10-9(11)8-5-6-3-1-2-4-7(6)12-8;1-7-5-3-2-4-6-7;2*1-2/h1-5H,(H3,10,11);2-6H,1H3;2*1-2H3. The second-order valence-electron chi connectivity index (χ2n) is 4.22. The van der Waals surface area contributed by atoms with Gasteiger partial charge in [-0.2, -0.15) is 0 Å². The Hall–Kier alpha value is -2.13. The van der Waals surface area contributed by atoms with Crippen LogP contribution in [0.2, 0.25) is 0 Å². The molecule has 124 valence electrons. The molecule has 3 rings (SSSR count). The van der Waals surface area contributed by atoms with Crippen molar-refractivity contribution >= 4 is 27.3 Å². The van der Waals surface area contributed by atoms with E-state index in [1.54, 1.807) is 11.3 Å². The molecule has 3 N–H and O–H groups in total. The fraction of sp³-hybridized carbons (Fsp3) is 0.250. The van der Waals surface area contributed by atoms with E-state index in [9.17, 15) is 0 Å². The summed E-state index contributed by atoms with van der Waals surface area (Å²) in [4.78, 5) is 0.844. The van der Waals surface area contributed by atoms with E-state index in [0.717, 1.165) is 10.3 Å². The lowest BCUT2D eigenvalue weighted by atomic mass is 10.2. The Labute approximate surface area is 144 Å². The highest BCUT2D eigenvalue weighted by Crippen LogP contribution is 2.24. The second-order valence-corrected chi connectivity index (χ2v) is 5.30. The van der Waals surface area contributed by atoms with Gasteiger partial charge in [0.2, 0.25) is 0 Å². The van der Waals surface area contributed by atoms with E-state index in [4.69, 9.17) is 11.1 Å². The lowest BCUT2D eigenvalue weighted by Crippen LogP contribution is -2.08. The molecule has 0 bridgehead atoms. The van der Waals surface area contributed by atoms with E-state index >= 15 is 0 Å². The Kier molecular flexibility index (Phi) is 11.3. The zero-order valence-electron chi connectivity index (χ0n) is 14.8. The molecule has 1 heterocycles. The molecule has 1 aromatic heterocycles. The number of fused-ring (bicyclic) bond motifs is 1. The first-order valence-electron chi connectivity index (χ1n) is 8.01. The van der Waals surface area contributed by atoms with Crippen LogP contribution in [-0.2, 0) is 0 Å². The van der Waals surface area contributed by atoms with Crippen LogP contribution in [0.25, 0.3) is 10.1 Å². The molecule has 0 aliphatic rings. The minimum absolute atomic E-state index is 0.149. The topological polar surface area (TPSA) is 49.9 Å². The zero-order valence-corrected chi connectivity index (χ0v) is 15.6. The second kappa shape index (κ2) is 12.4. The molecular formula is C20H28N2S. The van der Waals surface area contributed by atoms with E-state index in [1.165, 1.54) is 10.3 Å². The predicted molar refractivity (Wildman–Crippen MR) is 107 cm³/mol. The molecule has 3 aromatic rings. The molecule has 0 spiro atoms. The maximum absolute atomic E-state index is 7.26. The number of hydrogen-bond acceptors (Lipinski definition) is 2. The Morgan fingerprint density at radius 3 is 1.83 bits per heavy atom. The number of aryl methyl sites for hydroxylation is 1. The third kappa shape index (κ3) is 7.61. The maximum atomic E-state index is 7.26. The highest BCUT2D eigenvalue weighted by atomic mass is 32.1. The SMILES string of the molecule is CC.CC.Cc1ccccc1.N=C(N)c1cc2ccccc2s1. The molecule has 0 atom stereocenters. The lowest BCUT2D eigenvalue weighted by molar-refractivity contribution is 1.46. The molecule has 0 amide bonds. The number of thiophene rings is 1. The molecule has 0 radical (unpaired) electrons. The van der Waals surface area contributed by atoms with Crippen LogP contribution < -0.4 is 5.73 Å². The number of rotatable bonds is 1. The summed E-state index contributed by atoms with van der Waals surface area (Å²) in [7, 11) is 0. The molecule has 0 aliphatic carbocycles. The van der Waals surface area contributed by atoms with Gasteiger partial charge < -0.3 is 5.73 Å². The van der Waals surface area contributed by atoms with Crippen molar-refractivity contribution in [2.45, 2.75) is 34.6 Å². The minimum atomic E-state index is 0.149. The molecule has 0 saturated carbocycles. The van der Waals surface area contributed by atoms with Crippen molar-refractivity contribution in [3.05, 3.63) is 71.1 Å². The quantitative estimate of drug-likeness (QED) is 0.403. The molecule has 0 saturated heterocycles. The Morgan fingerprint density at radius 1 is 0.870 bits per heavy atom. The number of hydrogen-bond donors (Lipinski definition) is 2. The van der Waals surface area contributed by atoms with E-state index < -0.39 is 0 Å². The van der Waals surface area contributed by atoms with E-state index in [1.807, 2.05) is 76.2 Å². The number of amidine groups is 1. The fourth-order valence-corrected chi connectivity index (χ4v) is 2.57. The van der Waals surface area contributed by atoms with Gasteiger partial charge in [-0.25, -0.2) is 0 Å². The van der Waals surface area contributed by atoms with Crippen molar-refractivity contribution in [1.29, 1.82) is 5.41 Å². The number of nitrogen functional groups attached to an aromatic ring is 1. The minimum Gasteiger partial charge on any atom is -0.383 e. The van der Waals surface area contributed by atoms with Crippen molar-refractivity contribution < 1.29 is 0 Å². The first-order valence-corrected chi connectivity index (χ1v) is 8.83. The van der Waals surface area contributed by atoms with E-state index in [2.05, 4.69) is 19.1 Å². The summed E-state index contributed by atoms with van der Waals surface area (Å²) < 4.78 is 1.18. The van der Waals surface area contributed by atoms with Gasteiger partial charge in [-0.3, -0.25) is 5.41 Å². The average molecular weight is 329 g/mol. The molecule has 2 nitrogen and oxygen atoms in total. The van der Waals surface area contributed by atoms with Gasteiger partial charge in [-0.1, -0.05) is 81.8 Å². The highest BCUT2D eigenvalue weighted by Gasteiger charge is 2.01. The first kappa shape index (κ1) is 20.9. The number of benzene rings is 2. The fourth-order valence-electron chi connectivity index (χ4n) is 1.65. The largest absolute Gasteiger partial charge is 0.383 e. The van der Waals surface area contributed by atoms with Crippen LogP contribution in [0, 0.1) is 12.3 Å². The summed E-state index contributed by atoms with van der Waals surface area (Å²) in [6.45, 7) is 10.1. The van der Waals surface area contributed by atoms with Gasteiger partial charge in [0.15, 0.2) is 0 Å². The molecule has 0 unspecified atom stereocenters. The van der Waals surface area contributed by atoms with E-state index in [-0.39, 0.29) is 5.84 Å². The predicted octanol–water partition coefficient (Wildman–Crippen LogP) is 6.23. The van der Waals surface area contributed by atoms with Crippen molar-refractivity contribution in [3.8, 4) is 0 Å². The van der Waals surface area contributed by atoms with Crippen LogP contribution in [-0.4, -0.2) is 5.84 Å². The van der Waals surface area contributed by atoms with Gasteiger partial charge in [0.1, 0.15) is 5.84 Å². The summed E-state index contributed by atoms with van der Waals surface area (Å²) in [5.74, 6) is 0.149. The summed E-state index contributed by atoms with van der Waals surface area (Å²) in [6.07, 6.45) is 0. The Bertz CT molecular complexity index is 639. The molecule has 2 aromatic carbocycles. The van der Waals surface area contributed by atoms with Crippen LogP contribution in [0.3, 0.4) is 0 Å². The highest BCUT2D eigenvalue weighted by molar-refractivity contribution is 7.20. The van der Waals surface area contributed by atoms with Crippen LogP contribution in [0.1, 0.15) is 38.1 Å². The first-order chi connectivity index (χ1) is 11.2. The summed E-state index contributed by atoms with van der Waals surface area (Å²) in [6, 6.07) is 20.2. The van der Waals surface area contributed by atoms with Crippen molar-refractivity contribution in [3.63, 3.8) is 0 Å². The van der Waals surface area contributed by atoms with Crippen LogP contribution >= 0.6 is 11.3 Å². The summed E-state index contributed by atoms with van der Waals surface area (Å²) in [5, 5.41) is 8.42. The molecule has 23 heavy (non-hydrogen) atoms. The van der Waals surface area contributed by atoms with Crippen LogP contribution in [0.4, 0.5) is 0 Å². The average Bonchev–Trinajstić information content (AvgIpc) is 3.04. The van der Waals surface area contributed by atoms with Gasteiger partial charge in [0.25, 0.3) is 0 Å². The third-order valence-corrected chi connectivity index (χ3v) is 3.78. The Balaban J connectivity index is 0.000000377. The van der Waals surface area contributed by atoms with Gasteiger partial charge in [0.05, 0.1) is 4.88 Å². The van der Waals surface area contributed by atoms with Crippen molar-refractivity contribution in [2.75, 3.05) is 0 Å². The smallest absolute Gasteiger partial charge is 0.133 e. The normalized spacial score (nSPS) is 8.57. The number of nitrogens with two attached hydrogens (primary N) is 1. The summed E-state index contributed by atoms with van der Waals surface area (Å²) >= 11 is 1.56. The van der Waals surface area contributed by atoms with Crippen molar-refractivity contribution in [1.82, 2.24) is 0 Å². The molecule has 0 fully saturated rings. The number of nitrogens with one attached hydrogen (secondary N) is 1. The van der Waals surface area contributed by atoms with Crippen LogP contribution in [0.5, 0.6) is 0 Å². The molecule has 0 aliphatic heterocycles. The summed E-state index contributed by atoms with van der Waals surface area (Å²) in [5.41, 5.74) is 6.69. The molecule has 3 heteroatoms. The van der Waals surface area contributed by atoms with Gasteiger partial charge in [-0.05, 0) is 24.4 Å². The van der Waals surface area contributed by atoms with Gasteiger partial charge in [0, 0.05) is 4.70 Å². The van der Waals surface area contributed by atoms with Crippen molar-refractivity contribution in [2.24, 2.45) is 5.73 Å². The third-order valence-electron chi connectivity index (χ3n) is 2.63. The monoisotopic (exact) mass is 328 g/mol. The maximum Gasteiger partial charge on any atom is 0.133 e. The van der Waals surface area contributed by atoms with Gasteiger partial charge in [-0.15, -0.1) is 11.3 Å². The molecular weight excluding hydrogens is 300 g/mol. The van der Waals surface area contributed by atoms with E-state index in [0.29, 0.717) is 0 Å². The van der Waals surface area contributed by atoms with Crippen LogP contribution in [0.15, 0.2) is 60.7 Å². The Morgan fingerprint density at radius 2 is 1.39 bits per heavy atom. The van der Waals surface area contributed by atoms with Gasteiger partial charge >= 0.3 is 0 Å². The zero-order chi connectivity index (χ0) is 17.7.